The van der Waals surface area contributed by atoms with Crippen LogP contribution in [0.15, 0.2) is 29.1 Å². The highest BCUT2D eigenvalue weighted by atomic mass is 35.5. The standard InChI is InChI=1S/C20H20Cl2N2O3/c1-20(2)8-15-12(16(25)9-20)7-13(18(26)23-15)19(27)24(3)10-11-5-4-6-14(21)17(11)22/h4-7H,8-10H2,1-3H3,(H,23,26). The smallest absolute Gasteiger partial charge is 0.261 e. The molecule has 1 aromatic carbocycles. The average molecular weight is 407 g/mol. The summed E-state index contributed by atoms with van der Waals surface area (Å²) < 4.78 is 0. The first-order valence-corrected chi connectivity index (χ1v) is 9.32. The Hall–Kier alpha value is -2.11. The van der Waals surface area contributed by atoms with Crippen LogP contribution in [0.2, 0.25) is 10.0 Å². The molecule has 142 valence electrons. The molecule has 7 heteroatoms. The molecule has 0 atom stereocenters. The number of pyridine rings is 1. The number of nitrogens with zero attached hydrogens (tertiary/aromatic N) is 1. The molecule has 5 nitrogen and oxygen atoms in total. The number of benzene rings is 1. The van der Waals surface area contributed by atoms with Crippen LogP contribution < -0.4 is 5.56 Å². The van der Waals surface area contributed by atoms with Gasteiger partial charge in [0.2, 0.25) is 0 Å². The Morgan fingerprint density at radius 2 is 1.93 bits per heavy atom. The Balaban J connectivity index is 1.91. The van der Waals surface area contributed by atoms with Gasteiger partial charge < -0.3 is 9.88 Å². The number of carbonyl (C=O) groups excluding carboxylic acids is 2. The molecule has 0 bridgehead atoms. The highest BCUT2D eigenvalue weighted by molar-refractivity contribution is 6.42. The molecule has 1 aliphatic carbocycles. The second-order valence-corrected chi connectivity index (χ2v) is 8.50. The fourth-order valence-corrected chi connectivity index (χ4v) is 3.77. The topological polar surface area (TPSA) is 70.2 Å². The van der Waals surface area contributed by atoms with Gasteiger partial charge in [-0.25, -0.2) is 0 Å². The van der Waals surface area contributed by atoms with Crippen molar-refractivity contribution < 1.29 is 9.59 Å². The van der Waals surface area contributed by atoms with Gasteiger partial charge in [0.1, 0.15) is 5.56 Å². The largest absolute Gasteiger partial charge is 0.337 e. The summed E-state index contributed by atoms with van der Waals surface area (Å²) in [6, 6.07) is 6.59. The van der Waals surface area contributed by atoms with Crippen LogP contribution in [0.25, 0.3) is 0 Å². The number of hydrogen-bond donors (Lipinski definition) is 1. The summed E-state index contributed by atoms with van der Waals surface area (Å²) in [4.78, 5) is 41.8. The molecular weight excluding hydrogens is 387 g/mol. The number of ketones is 1. The van der Waals surface area contributed by atoms with E-state index in [4.69, 9.17) is 23.2 Å². The van der Waals surface area contributed by atoms with Gasteiger partial charge in [0.25, 0.3) is 11.5 Å². The summed E-state index contributed by atoms with van der Waals surface area (Å²) in [7, 11) is 1.57. The van der Waals surface area contributed by atoms with E-state index in [0.717, 1.165) is 0 Å². The van der Waals surface area contributed by atoms with Gasteiger partial charge >= 0.3 is 0 Å². The van der Waals surface area contributed by atoms with Crippen LogP contribution in [0, 0.1) is 5.41 Å². The predicted octanol–water partition coefficient (Wildman–Crippen LogP) is 4.11. The summed E-state index contributed by atoms with van der Waals surface area (Å²) in [5.41, 5.74) is 0.936. The monoisotopic (exact) mass is 406 g/mol. The van der Waals surface area contributed by atoms with E-state index in [9.17, 15) is 14.4 Å². The van der Waals surface area contributed by atoms with Crippen molar-refractivity contribution in [1.82, 2.24) is 9.88 Å². The van der Waals surface area contributed by atoms with Crippen LogP contribution in [-0.2, 0) is 13.0 Å². The molecule has 1 N–H and O–H groups in total. The first-order valence-electron chi connectivity index (χ1n) is 8.57. The number of rotatable bonds is 3. The number of nitrogens with one attached hydrogen (secondary N) is 1. The van der Waals surface area contributed by atoms with E-state index in [-0.39, 0.29) is 23.3 Å². The summed E-state index contributed by atoms with van der Waals surface area (Å²) in [5.74, 6) is -0.542. The number of H-pyrrole nitrogens is 1. The molecule has 0 fully saturated rings. The van der Waals surface area contributed by atoms with Crippen LogP contribution in [0.1, 0.15) is 52.2 Å². The SMILES string of the molecule is CN(Cc1cccc(Cl)c1Cl)C(=O)c1cc2c([nH]c1=O)CC(C)(C)CC2=O. The molecule has 1 heterocycles. The maximum atomic E-state index is 12.8. The molecule has 1 aliphatic rings. The molecule has 0 radical (unpaired) electrons. The number of carbonyl (C=O) groups is 2. The molecule has 0 spiro atoms. The average Bonchev–Trinajstić information content (AvgIpc) is 2.56. The van der Waals surface area contributed by atoms with E-state index < -0.39 is 11.5 Å². The zero-order valence-corrected chi connectivity index (χ0v) is 16.9. The van der Waals surface area contributed by atoms with E-state index >= 15 is 0 Å². The molecule has 1 aromatic heterocycles. The van der Waals surface area contributed by atoms with Gasteiger partial charge in [0, 0.05) is 31.3 Å². The minimum Gasteiger partial charge on any atom is -0.337 e. The fourth-order valence-electron chi connectivity index (χ4n) is 3.39. The normalized spacial score (nSPS) is 15.4. The van der Waals surface area contributed by atoms with Gasteiger partial charge in [0.05, 0.1) is 10.0 Å². The third-order valence-electron chi connectivity index (χ3n) is 4.73. The molecule has 0 saturated heterocycles. The van der Waals surface area contributed by atoms with Crippen molar-refractivity contribution in [2.45, 2.75) is 33.2 Å². The zero-order valence-electron chi connectivity index (χ0n) is 15.4. The van der Waals surface area contributed by atoms with Crippen molar-refractivity contribution >= 4 is 34.9 Å². The van der Waals surface area contributed by atoms with Crippen LogP contribution in [-0.4, -0.2) is 28.6 Å². The van der Waals surface area contributed by atoms with Crippen molar-refractivity contribution in [3.05, 3.63) is 67.0 Å². The Morgan fingerprint density at radius 3 is 2.63 bits per heavy atom. The summed E-state index contributed by atoms with van der Waals surface area (Å²) >= 11 is 12.2. The van der Waals surface area contributed by atoms with Gasteiger partial charge in [-0.2, -0.15) is 0 Å². The maximum absolute atomic E-state index is 12.8. The molecule has 3 rings (SSSR count). The van der Waals surface area contributed by atoms with Crippen LogP contribution in [0.4, 0.5) is 0 Å². The number of hydrogen-bond acceptors (Lipinski definition) is 3. The van der Waals surface area contributed by atoms with Crippen LogP contribution >= 0.6 is 23.2 Å². The molecule has 0 unspecified atom stereocenters. The zero-order chi connectivity index (χ0) is 19.9. The number of aromatic amines is 1. The highest BCUT2D eigenvalue weighted by Gasteiger charge is 2.33. The molecule has 0 aliphatic heterocycles. The molecule has 0 saturated carbocycles. The van der Waals surface area contributed by atoms with Gasteiger partial charge in [0.15, 0.2) is 5.78 Å². The number of amides is 1. The summed E-state index contributed by atoms with van der Waals surface area (Å²) in [5, 5.41) is 0.769. The lowest BCUT2D eigenvalue weighted by molar-refractivity contribution is 0.0783. The quantitative estimate of drug-likeness (QED) is 0.833. The van der Waals surface area contributed by atoms with Crippen LogP contribution in [0.5, 0.6) is 0 Å². The Bertz CT molecular complexity index is 995. The van der Waals surface area contributed by atoms with Crippen molar-refractivity contribution in [2.24, 2.45) is 5.41 Å². The Labute approximate surface area is 167 Å². The minimum atomic E-state index is -0.492. The molecular formula is C20H20Cl2N2O3. The summed E-state index contributed by atoms with van der Waals surface area (Å²) in [6.07, 6.45) is 0.972. The van der Waals surface area contributed by atoms with Gasteiger partial charge in [-0.3, -0.25) is 14.4 Å². The Kier molecular flexibility index (Phi) is 5.19. The van der Waals surface area contributed by atoms with E-state index in [1.807, 2.05) is 13.8 Å². The Morgan fingerprint density at radius 1 is 1.22 bits per heavy atom. The third kappa shape index (κ3) is 3.94. The van der Waals surface area contributed by atoms with Gasteiger partial charge in [-0.15, -0.1) is 0 Å². The first-order chi connectivity index (χ1) is 12.6. The molecule has 27 heavy (non-hydrogen) atoms. The molecule has 1 amide bonds. The lowest BCUT2D eigenvalue weighted by Crippen LogP contribution is -2.35. The van der Waals surface area contributed by atoms with Crippen molar-refractivity contribution in [3.8, 4) is 0 Å². The summed E-state index contributed by atoms with van der Waals surface area (Å²) in [6.45, 7) is 4.15. The second-order valence-electron chi connectivity index (χ2n) is 7.72. The number of Topliss-reactive ketones (excluding diaryl/α,β-unsaturated/α-hetero) is 1. The first kappa shape index (κ1) is 19.6. The van der Waals surface area contributed by atoms with Crippen molar-refractivity contribution in [1.29, 1.82) is 0 Å². The maximum Gasteiger partial charge on any atom is 0.261 e. The van der Waals surface area contributed by atoms with Crippen LogP contribution in [0.3, 0.4) is 0 Å². The minimum absolute atomic E-state index is 0.0533. The number of aromatic nitrogens is 1. The fraction of sp³-hybridized carbons (Fsp3) is 0.350. The lowest BCUT2D eigenvalue weighted by Gasteiger charge is -2.30. The van der Waals surface area contributed by atoms with E-state index in [1.54, 1.807) is 25.2 Å². The third-order valence-corrected chi connectivity index (χ3v) is 5.59. The van der Waals surface area contributed by atoms with E-state index in [0.29, 0.717) is 39.7 Å². The number of fused-ring (bicyclic) bond motifs is 1. The second kappa shape index (κ2) is 7.13. The molecule has 2 aromatic rings. The lowest BCUT2D eigenvalue weighted by atomic mass is 9.75. The highest BCUT2D eigenvalue weighted by Crippen LogP contribution is 2.33. The van der Waals surface area contributed by atoms with E-state index in [2.05, 4.69) is 4.98 Å². The van der Waals surface area contributed by atoms with E-state index in [1.165, 1.54) is 11.0 Å². The van der Waals surface area contributed by atoms with Crippen molar-refractivity contribution in [3.63, 3.8) is 0 Å². The predicted molar refractivity (Wildman–Crippen MR) is 106 cm³/mol. The van der Waals surface area contributed by atoms with Gasteiger partial charge in [-0.1, -0.05) is 49.2 Å². The van der Waals surface area contributed by atoms with Crippen molar-refractivity contribution in [2.75, 3.05) is 7.05 Å². The van der Waals surface area contributed by atoms with Gasteiger partial charge in [-0.05, 0) is 29.5 Å². The number of halogens is 2.